The second-order valence-corrected chi connectivity index (χ2v) is 5.17. The molecule has 0 aromatic heterocycles. The monoisotopic (exact) mass is 273 g/mol. The van der Waals surface area contributed by atoms with Gasteiger partial charge in [0.15, 0.2) is 0 Å². The first-order valence-corrected chi connectivity index (χ1v) is 6.70. The average molecular weight is 273 g/mol. The summed E-state index contributed by atoms with van der Waals surface area (Å²) in [5, 5.41) is 2.91. The summed E-state index contributed by atoms with van der Waals surface area (Å²) >= 11 is 0. The number of hydrogen-bond acceptors (Lipinski definition) is 1. The molecule has 0 aliphatic carbocycles. The Morgan fingerprint density at radius 1 is 1.11 bits per heavy atom. The second-order valence-electron chi connectivity index (χ2n) is 5.17. The third kappa shape index (κ3) is 6.10. The van der Waals surface area contributed by atoms with E-state index in [1.165, 1.54) is 5.56 Å². The Hall–Kier alpha value is -1.03. The van der Waals surface area contributed by atoms with Gasteiger partial charge in [-0.05, 0) is 30.0 Å². The van der Waals surface area contributed by atoms with Crippen LogP contribution in [0.1, 0.15) is 44.2 Å². The van der Waals surface area contributed by atoms with Crippen LogP contribution in [0.3, 0.4) is 0 Å². The Morgan fingerprint density at radius 2 is 1.68 bits per heavy atom. The quantitative estimate of drug-likeness (QED) is 0.815. The number of hydrogen-bond donors (Lipinski definition) is 1. The van der Waals surface area contributed by atoms with E-state index in [1.54, 1.807) is 0 Å². The Bertz CT molecular complexity index is 368. The van der Waals surface area contributed by atoms with Gasteiger partial charge in [0.25, 0.3) is 0 Å². The molecular weight excluding hydrogens is 251 g/mol. The molecule has 1 N–H and O–H groups in total. The molecular formula is C15H22F3N. The number of halogens is 3. The van der Waals surface area contributed by atoms with Crippen molar-refractivity contribution in [2.75, 3.05) is 6.54 Å². The van der Waals surface area contributed by atoms with Crippen molar-refractivity contribution >= 4 is 0 Å². The van der Waals surface area contributed by atoms with Gasteiger partial charge in [-0.25, -0.2) is 0 Å². The number of likely N-dealkylation sites (N-methyl/N-ethyl adjacent to an activating group) is 1. The highest BCUT2D eigenvalue weighted by molar-refractivity contribution is 5.25. The van der Waals surface area contributed by atoms with E-state index in [0.717, 1.165) is 5.56 Å². The molecule has 4 heteroatoms. The average Bonchev–Trinajstić information content (AvgIpc) is 2.27. The van der Waals surface area contributed by atoms with Crippen molar-refractivity contribution in [1.82, 2.24) is 5.32 Å². The summed E-state index contributed by atoms with van der Waals surface area (Å²) in [6.07, 6.45) is -4.50. The van der Waals surface area contributed by atoms with Gasteiger partial charge in [-0.3, -0.25) is 0 Å². The zero-order chi connectivity index (χ0) is 14.5. The highest BCUT2D eigenvalue weighted by Gasteiger charge is 2.31. The predicted octanol–water partition coefficient (Wildman–Crippen LogP) is 4.28. The first-order chi connectivity index (χ1) is 8.81. The van der Waals surface area contributed by atoms with Gasteiger partial charge in [0, 0.05) is 6.04 Å². The highest BCUT2D eigenvalue weighted by atomic mass is 19.4. The van der Waals surface area contributed by atoms with Crippen molar-refractivity contribution in [2.45, 2.75) is 51.7 Å². The third-order valence-electron chi connectivity index (χ3n) is 3.10. The minimum atomic E-state index is -4.12. The Kier molecular flexibility index (Phi) is 5.85. The van der Waals surface area contributed by atoms with E-state index in [0.29, 0.717) is 18.9 Å². The lowest BCUT2D eigenvalue weighted by Gasteiger charge is -2.20. The topological polar surface area (TPSA) is 12.0 Å². The van der Waals surface area contributed by atoms with E-state index in [9.17, 15) is 13.2 Å². The van der Waals surface area contributed by atoms with Crippen molar-refractivity contribution in [1.29, 1.82) is 0 Å². The van der Waals surface area contributed by atoms with Crippen LogP contribution < -0.4 is 5.32 Å². The van der Waals surface area contributed by atoms with E-state index < -0.39 is 18.6 Å². The molecule has 0 aliphatic rings. The minimum Gasteiger partial charge on any atom is -0.314 e. The standard InChI is InChI=1S/C15H22F3N/c1-4-19-14(10-15(16,17)18)9-12-5-7-13(8-6-12)11(2)3/h5-8,11,14,19H,4,9-10H2,1-3H3. The summed E-state index contributed by atoms with van der Waals surface area (Å²) in [4.78, 5) is 0. The molecule has 0 radical (unpaired) electrons. The zero-order valence-corrected chi connectivity index (χ0v) is 11.7. The fourth-order valence-corrected chi connectivity index (χ4v) is 2.11. The number of rotatable bonds is 6. The van der Waals surface area contributed by atoms with Crippen molar-refractivity contribution in [3.05, 3.63) is 35.4 Å². The Balaban J connectivity index is 2.68. The number of alkyl halides is 3. The van der Waals surface area contributed by atoms with Crippen molar-refractivity contribution < 1.29 is 13.2 Å². The van der Waals surface area contributed by atoms with Crippen LogP contribution in [0.5, 0.6) is 0 Å². The van der Waals surface area contributed by atoms with Crippen LogP contribution in [0.2, 0.25) is 0 Å². The maximum atomic E-state index is 12.5. The maximum absolute atomic E-state index is 12.5. The van der Waals surface area contributed by atoms with Gasteiger partial charge in [-0.15, -0.1) is 0 Å². The molecule has 0 aliphatic heterocycles. The molecule has 1 atom stereocenters. The normalized spacial score (nSPS) is 13.8. The molecule has 0 heterocycles. The van der Waals surface area contributed by atoms with Crippen LogP contribution in [0.4, 0.5) is 13.2 Å². The molecule has 19 heavy (non-hydrogen) atoms. The molecule has 0 saturated heterocycles. The lowest BCUT2D eigenvalue weighted by atomic mass is 9.98. The summed E-state index contributed by atoms with van der Waals surface area (Å²) < 4.78 is 37.4. The molecule has 108 valence electrons. The first-order valence-electron chi connectivity index (χ1n) is 6.70. The molecule has 0 spiro atoms. The van der Waals surface area contributed by atoms with E-state index in [4.69, 9.17) is 0 Å². The second kappa shape index (κ2) is 6.94. The SMILES string of the molecule is CCNC(Cc1ccc(C(C)C)cc1)CC(F)(F)F. The fraction of sp³-hybridized carbons (Fsp3) is 0.600. The molecule has 0 amide bonds. The molecule has 1 aromatic carbocycles. The lowest BCUT2D eigenvalue weighted by molar-refractivity contribution is -0.139. The molecule has 1 aromatic rings. The largest absolute Gasteiger partial charge is 0.390 e. The summed E-state index contributed by atoms with van der Waals surface area (Å²) in [5.74, 6) is 0.439. The van der Waals surface area contributed by atoms with Gasteiger partial charge in [0.2, 0.25) is 0 Å². The van der Waals surface area contributed by atoms with Gasteiger partial charge < -0.3 is 5.32 Å². The summed E-state index contributed by atoms with van der Waals surface area (Å²) in [5.41, 5.74) is 2.15. The number of benzene rings is 1. The van der Waals surface area contributed by atoms with Crippen molar-refractivity contribution in [3.8, 4) is 0 Å². The Morgan fingerprint density at radius 3 is 2.11 bits per heavy atom. The van der Waals surface area contributed by atoms with Crippen LogP contribution >= 0.6 is 0 Å². The van der Waals surface area contributed by atoms with E-state index >= 15 is 0 Å². The summed E-state index contributed by atoms with van der Waals surface area (Å²) in [6.45, 7) is 6.57. The zero-order valence-electron chi connectivity index (χ0n) is 11.7. The molecule has 1 unspecified atom stereocenters. The van der Waals surface area contributed by atoms with Gasteiger partial charge in [0.05, 0.1) is 6.42 Å². The van der Waals surface area contributed by atoms with Crippen LogP contribution in [0, 0.1) is 0 Å². The van der Waals surface area contributed by atoms with E-state index in [2.05, 4.69) is 19.2 Å². The van der Waals surface area contributed by atoms with E-state index in [-0.39, 0.29) is 0 Å². The van der Waals surface area contributed by atoms with Crippen molar-refractivity contribution in [3.63, 3.8) is 0 Å². The predicted molar refractivity (Wildman–Crippen MR) is 72.4 cm³/mol. The van der Waals surface area contributed by atoms with Crippen LogP contribution in [0.25, 0.3) is 0 Å². The first kappa shape index (κ1) is 16.0. The molecule has 1 rings (SSSR count). The summed E-state index contributed by atoms with van der Waals surface area (Å²) in [6, 6.07) is 7.30. The molecule has 1 nitrogen and oxygen atoms in total. The van der Waals surface area contributed by atoms with Crippen molar-refractivity contribution in [2.24, 2.45) is 0 Å². The van der Waals surface area contributed by atoms with Crippen LogP contribution in [-0.4, -0.2) is 18.8 Å². The fourth-order valence-electron chi connectivity index (χ4n) is 2.11. The molecule has 0 fully saturated rings. The van der Waals surface area contributed by atoms with Crippen LogP contribution in [-0.2, 0) is 6.42 Å². The maximum Gasteiger partial charge on any atom is 0.390 e. The van der Waals surface area contributed by atoms with Crippen LogP contribution in [0.15, 0.2) is 24.3 Å². The summed E-state index contributed by atoms with van der Waals surface area (Å²) in [7, 11) is 0. The van der Waals surface area contributed by atoms with Gasteiger partial charge >= 0.3 is 6.18 Å². The third-order valence-corrected chi connectivity index (χ3v) is 3.10. The minimum absolute atomic E-state index is 0.408. The number of nitrogens with one attached hydrogen (secondary N) is 1. The molecule has 0 bridgehead atoms. The smallest absolute Gasteiger partial charge is 0.314 e. The van der Waals surface area contributed by atoms with Gasteiger partial charge in [-0.2, -0.15) is 13.2 Å². The van der Waals surface area contributed by atoms with E-state index in [1.807, 2.05) is 31.2 Å². The van der Waals surface area contributed by atoms with Gasteiger partial charge in [0.1, 0.15) is 0 Å². The Labute approximate surface area is 113 Å². The lowest BCUT2D eigenvalue weighted by Crippen LogP contribution is -2.35. The molecule has 0 saturated carbocycles. The van der Waals surface area contributed by atoms with Gasteiger partial charge in [-0.1, -0.05) is 45.0 Å². The highest BCUT2D eigenvalue weighted by Crippen LogP contribution is 2.23.